The molecule has 0 N–H and O–H groups in total. The largest absolute Gasteiger partial charge is 0.305 e. The van der Waals surface area contributed by atoms with Crippen LogP contribution >= 0.6 is 11.3 Å². The number of hydrogen-bond donors (Lipinski definition) is 0. The lowest BCUT2D eigenvalue weighted by Gasteiger charge is -2.36. The van der Waals surface area contributed by atoms with Gasteiger partial charge in [-0.1, -0.05) is 12.1 Å². The van der Waals surface area contributed by atoms with Gasteiger partial charge in [-0.2, -0.15) is 0 Å². The number of aromatic nitrogens is 1. The minimum absolute atomic E-state index is 0.703. The monoisotopic (exact) mass is 275 g/mol. The first-order chi connectivity index (χ1) is 9.24. The third-order valence-electron chi connectivity index (χ3n) is 4.04. The summed E-state index contributed by atoms with van der Waals surface area (Å²) >= 11 is 1.76. The van der Waals surface area contributed by atoms with E-state index < -0.39 is 0 Å². The molecular formula is C15H21N3S. The normalized spacial score (nSPS) is 21.3. The van der Waals surface area contributed by atoms with Gasteiger partial charge in [0.25, 0.3) is 0 Å². The molecule has 1 aliphatic heterocycles. The van der Waals surface area contributed by atoms with Gasteiger partial charge in [-0.25, -0.2) is 4.98 Å². The van der Waals surface area contributed by atoms with E-state index >= 15 is 0 Å². The zero-order valence-corrected chi connectivity index (χ0v) is 12.5. The minimum Gasteiger partial charge on any atom is -0.305 e. The number of fused-ring (bicyclic) bond motifs is 1. The second-order valence-electron chi connectivity index (χ2n) is 5.61. The van der Waals surface area contributed by atoms with E-state index in [-0.39, 0.29) is 0 Å². The summed E-state index contributed by atoms with van der Waals surface area (Å²) in [5.74, 6) is 0. The maximum atomic E-state index is 4.41. The van der Waals surface area contributed by atoms with E-state index in [1.54, 1.807) is 11.3 Å². The van der Waals surface area contributed by atoms with Gasteiger partial charge in [0, 0.05) is 19.1 Å². The molecule has 3 nitrogen and oxygen atoms in total. The van der Waals surface area contributed by atoms with Gasteiger partial charge in [0.2, 0.25) is 0 Å². The van der Waals surface area contributed by atoms with Crippen molar-refractivity contribution in [1.82, 2.24) is 14.8 Å². The molecular weight excluding hydrogens is 254 g/mol. The van der Waals surface area contributed by atoms with Gasteiger partial charge in [-0.15, -0.1) is 11.3 Å². The SMILES string of the molecule is CN(C)C1CCCN(Cc2cccc3ncsc23)C1. The molecule has 0 saturated carbocycles. The summed E-state index contributed by atoms with van der Waals surface area (Å²) in [6.07, 6.45) is 2.63. The Kier molecular flexibility index (Phi) is 3.82. The molecule has 0 amide bonds. The van der Waals surface area contributed by atoms with Gasteiger partial charge in [0.15, 0.2) is 0 Å². The average molecular weight is 275 g/mol. The number of benzene rings is 1. The molecule has 0 aliphatic carbocycles. The fraction of sp³-hybridized carbons (Fsp3) is 0.533. The molecule has 1 aromatic heterocycles. The fourth-order valence-electron chi connectivity index (χ4n) is 2.91. The summed E-state index contributed by atoms with van der Waals surface area (Å²) in [5, 5.41) is 0. The number of piperidine rings is 1. The number of nitrogens with zero attached hydrogens (tertiary/aromatic N) is 3. The Morgan fingerprint density at radius 1 is 1.42 bits per heavy atom. The molecule has 4 heteroatoms. The smallest absolute Gasteiger partial charge is 0.0815 e. The lowest BCUT2D eigenvalue weighted by atomic mass is 10.0. The molecule has 2 aromatic rings. The highest BCUT2D eigenvalue weighted by atomic mass is 32.1. The first-order valence-electron chi connectivity index (χ1n) is 6.94. The van der Waals surface area contributed by atoms with Crippen LogP contribution in [0.5, 0.6) is 0 Å². The van der Waals surface area contributed by atoms with Gasteiger partial charge in [0.1, 0.15) is 0 Å². The van der Waals surface area contributed by atoms with E-state index in [2.05, 4.69) is 47.1 Å². The summed E-state index contributed by atoms with van der Waals surface area (Å²) in [6, 6.07) is 7.19. The standard InChI is InChI=1S/C15H21N3S/c1-17(2)13-6-4-8-18(10-13)9-12-5-3-7-14-15(12)19-11-16-14/h3,5,7,11,13H,4,6,8-10H2,1-2H3. The van der Waals surface area contributed by atoms with Crippen molar-refractivity contribution in [3.05, 3.63) is 29.3 Å². The fourth-order valence-corrected chi connectivity index (χ4v) is 3.70. The van der Waals surface area contributed by atoms with Crippen molar-refractivity contribution in [2.45, 2.75) is 25.4 Å². The van der Waals surface area contributed by atoms with Crippen LogP contribution in [0.1, 0.15) is 18.4 Å². The second kappa shape index (κ2) is 5.57. The molecule has 1 saturated heterocycles. The molecule has 0 bridgehead atoms. The maximum absolute atomic E-state index is 4.41. The predicted molar refractivity (Wildman–Crippen MR) is 81.6 cm³/mol. The van der Waals surface area contributed by atoms with Crippen molar-refractivity contribution in [2.75, 3.05) is 27.2 Å². The summed E-state index contributed by atoms with van der Waals surface area (Å²) in [7, 11) is 4.39. The topological polar surface area (TPSA) is 19.4 Å². The zero-order chi connectivity index (χ0) is 13.2. The molecule has 0 radical (unpaired) electrons. The summed E-state index contributed by atoms with van der Waals surface area (Å²) in [5.41, 5.74) is 4.52. The van der Waals surface area contributed by atoms with Crippen LogP contribution in [0.2, 0.25) is 0 Å². The molecule has 1 unspecified atom stereocenters. The highest BCUT2D eigenvalue weighted by Crippen LogP contribution is 2.25. The van der Waals surface area contributed by atoms with Crippen LogP contribution in [-0.4, -0.2) is 48.0 Å². The number of thiazole rings is 1. The Balaban J connectivity index is 1.75. The molecule has 0 spiro atoms. The van der Waals surface area contributed by atoms with Gasteiger partial charge in [-0.05, 0) is 45.1 Å². The van der Waals surface area contributed by atoms with Gasteiger partial charge < -0.3 is 4.90 Å². The molecule has 1 atom stereocenters. The van der Waals surface area contributed by atoms with Crippen LogP contribution in [-0.2, 0) is 6.54 Å². The Morgan fingerprint density at radius 3 is 3.16 bits per heavy atom. The number of likely N-dealkylation sites (tertiary alicyclic amines) is 1. The van der Waals surface area contributed by atoms with E-state index in [4.69, 9.17) is 0 Å². The van der Waals surface area contributed by atoms with Crippen LogP contribution in [0, 0.1) is 0 Å². The predicted octanol–water partition coefficient (Wildman–Crippen LogP) is 2.82. The summed E-state index contributed by atoms with van der Waals surface area (Å²) in [4.78, 5) is 9.35. The van der Waals surface area contributed by atoms with Crippen LogP contribution in [0.3, 0.4) is 0 Å². The van der Waals surface area contributed by atoms with Crippen LogP contribution in [0.15, 0.2) is 23.7 Å². The van der Waals surface area contributed by atoms with Crippen LogP contribution < -0.4 is 0 Å². The number of likely N-dealkylation sites (N-methyl/N-ethyl adjacent to an activating group) is 1. The molecule has 2 heterocycles. The van der Waals surface area contributed by atoms with Crippen molar-refractivity contribution in [2.24, 2.45) is 0 Å². The Bertz CT molecular complexity index is 549. The second-order valence-corrected chi connectivity index (χ2v) is 6.47. The van der Waals surface area contributed by atoms with E-state index in [1.165, 1.54) is 36.2 Å². The van der Waals surface area contributed by atoms with Crippen molar-refractivity contribution in [1.29, 1.82) is 0 Å². The van der Waals surface area contributed by atoms with Crippen molar-refractivity contribution < 1.29 is 0 Å². The lowest BCUT2D eigenvalue weighted by Crippen LogP contribution is -2.44. The molecule has 102 valence electrons. The van der Waals surface area contributed by atoms with E-state index in [0.29, 0.717) is 6.04 Å². The van der Waals surface area contributed by atoms with Crippen LogP contribution in [0.4, 0.5) is 0 Å². The van der Waals surface area contributed by atoms with Crippen molar-refractivity contribution in [3.63, 3.8) is 0 Å². The van der Waals surface area contributed by atoms with E-state index in [0.717, 1.165) is 12.1 Å². The van der Waals surface area contributed by atoms with Gasteiger partial charge >= 0.3 is 0 Å². The quantitative estimate of drug-likeness (QED) is 0.858. The number of rotatable bonds is 3. The zero-order valence-electron chi connectivity index (χ0n) is 11.7. The number of hydrogen-bond acceptors (Lipinski definition) is 4. The van der Waals surface area contributed by atoms with E-state index in [1.807, 2.05) is 5.51 Å². The maximum Gasteiger partial charge on any atom is 0.0815 e. The Hall–Kier alpha value is -0.970. The lowest BCUT2D eigenvalue weighted by molar-refractivity contribution is 0.128. The third kappa shape index (κ3) is 2.81. The highest BCUT2D eigenvalue weighted by molar-refractivity contribution is 7.16. The first-order valence-corrected chi connectivity index (χ1v) is 7.82. The minimum atomic E-state index is 0.703. The molecule has 3 rings (SSSR count). The molecule has 1 fully saturated rings. The molecule has 1 aliphatic rings. The first kappa shape index (κ1) is 13.0. The molecule has 1 aromatic carbocycles. The summed E-state index contributed by atoms with van der Waals surface area (Å²) in [6.45, 7) is 3.46. The van der Waals surface area contributed by atoms with Crippen LogP contribution in [0.25, 0.3) is 10.2 Å². The Morgan fingerprint density at radius 2 is 2.32 bits per heavy atom. The Labute approximate surface area is 118 Å². The van der Waals surface area contributed by atoms with Gasteiger partial charge in [-0.3, -0.25) is 4.90 Å². The average Bonchev–Trinajstić information content (AvgIpc) is 2.88. The van der Waals surface area contributed by atoms with E-state index in [9.17, 15) is 0 Å². The van der Waals surface area contributed by atoms with Gasteiger partial charge in [0.05, 0.1) is 15.7 Å². The highest BCUT2D eigenvalue weighted by Gasteiger charge is 2.21. The summed E-state index contributed by atoms with van der Waals surface area (Å²) < 4.78 is 1.36. The van der Waals surface area contributed by atoms with Crippen molar-refractivity contribution >= 4 is 21.6 Å². The third-order valence-corrected chi connectivity index (χ3v) is 4.96. The van der Waals surface area contributed by atoms with Crippen molar-refractivity contribution in [3.8, 4) is 0 Å². The molecule has 19 heavy (non-hydrogen) atoms.